The molecule has 0 aromatic heterocycles. The van der Waals surface area contributed by atoms with E-state index in [9.17, 15) is 4.79 Å². The normalized spacial score (nSPS) is 5.62. The maximum absolute atomic E-state index is 9.24. The second-order valence-electron chi connectivity index (χ2n) is 1.44. The monoisotopic (exact) mass is 224 g/mol. The van der Waals surface area contributed by atoms with E-state index in [0.29, 0.717) is 0 Å². The Kier molecular flexibility index (Phi) is 72.1. The molecule has 0 rings (SSSR count). The standard InChI is InChI=1S/C4H6NO.2C2H6O.Ti/c1-2-3-5-4-6;2*1-2-3;/h3H,2H2,1H3;2*3H,2H2,1H3;/q-1;;;. The summed E-state index contributed by atoms with van der Waals surface area (Å²) in [6, 6.07) is 0. The number of aliphatic hydroxyl groups excluding tert-OH is 2. The minimum Gasteiger partial charge on any atom is -0.397 e. The first-order valence-electron chi connectivity index (χ1n) is 3.85. The summed E-state index contributed by atoms with van der Waals surface area (Å²) in [6.07, 6.45) is 2.19. The third-order valence-corrected chi connectivity index (χ3v) is 0.327. The van der Waals surface area contributed by atoms with Crippen LogP contribution in [0.15, 0.2) is 4.99 Å². The van der Waals surface area contributed by atoms with Crippen LogP contribution in [0.2, 0.25) is 0 Å². The maximum atomic E-state index is 9.24. The van der Waals surface area contributed by atoms with Gasteiger partial charge in [0.25, 0.3) is 0 Å². The smallest absolute Gasteiger partial charge is 0.0402 e. The summed E-state index contributed by atoms with van der Waals surface area (Å²) in [5, 5.41) is 15.1. The van der Waals surface area contributed by atoms with Gasteiger partial charge < -0.3 is 20.0 Å². The first kappa shape index (κ1) is 23.1. The zero-order valence-electron chi connectivity index (χ0n) is 8.45. The molecule has 2 N–H and O–H groups in total. The van der Waals surface area contributed by atoms with Gasteiger partial charge in [0.2, 0.25) is 0 Å². The molecule has 13 heavy (non-hydrogen) atoms. The van der Waals surface area contributed by atoms with Crippen LogP contribution in [0.1, 0.15) is 27.2 Å². The molecule has 0 spiro atoms. The number of nitrogens with zero attached hydrogens (tertiary/aromatic N) is 1. The summed E-state index contributed by atoms with van der Waals surface area (Å²) in [4.78, 5) is 12.4. The predicted molar refractivity (Wildman–Crippen MR) is 48.2 cm³/mol. The molecule has 0 heterocycles. The molecule has 4 nitrogen and oxygen atoms in total. The predicted octanol–water partition coefficient (Wildman–Crippen LogP) is 0.889. The summed E-state index contributed by atoms with van der Waals surface area (Å²) in [5.41, 5.74) is 0. The Morgan fingerprint density at radius 3 is 1.62 bits per heavy atom. The van der Waals surface area contributed by atoms with E-state index in [1.165, 1.54) is 12.6 Å². The van der Waals surface area contributed by atoms with Crippen molar-refractivity contribution in [2.75, 3.05) is 13.2 Å². The number of aliphatic imine (C=N–C) groups is 1. The van der Waals surface area contributed by atoms with Crippen LogP contribution in [-0.4, -0.2) is 29.5 Å². The molecule has 0 fully saturated rings. The summed E-state index contributed by atoms with van der Waals surface area (Å²) in [6.45, 7) is 7.27. The molecule has 5 heteroatoms. The number of hydrogen-bond acceptors (Lipinski definition) is 4. The minimum absolute atomic E-state index is 0. The maximum Gasteiger partial charge on any atom is 0.0402 e. The van der Waals surface area contributed by atoms with Crippen LogP contribution in [0.5, 0.6) is 0 Å². The summed E-state index contributed by atoms with van der Waals surface area (Å²) >= 11 is 0. The average molecular weight is 224 g/mol. The molecule has 0 aliphatic rings. The fourth-order valence-electron chi connectivity index (χ4n) is 0.129. The molecule has 0 bridgehead atoms. The van der Waals surface area contributed by atoms with Gasteiger partial charge in [-0.05, 0) is 19.9 Å². The van der Waals surface area contributed by atoms with E-state index >= 15 is 0 Å². The van der Waals surface area contributed by atoms with Gasteiger partial charge in [0.15, 0.2) is 0 Å². The van der Waals surface area contributed by atoms with Gasteiger partial charge in [-0.15, -0.1) is 6.54 Å². The minimum atomic E-state index is 0. The third kappa shape index (κ3) is 140. The molecule has 0 saturated carbocycles. The largest absolute Gasteiger partial charge is 0.397 e. The van der Waals surface area contributed by atoms with Crippen LogP contribution in [0.4, 0.5) is 0 Å². The van der Waals surface area contributed by atoms with Crippen molar-refractivity contribution < 1.29 is 36.7 Å². The van der Waals surface area contributed by atoms with E-state index in [1.807, 2.05) is 6.92 Å². The number of rotatable bonds is 2. The van der Waals surface area contributed by atoms with E-state index in [-0.39, 0.29) is 34.9 Å². The van der Waals surface area contributed by atoms with Crippen LogP contribution in [0, 0.1) is 6.54 Å². The second kappa shape index (κ2) is 40.7. The van der Waals surface area contributed by atoms with E-state index in [4.69, 9.17) is 10.2 Å². The van der Waals surface area contributed by atoms with E-state index in [1.54, 1.807) is 13.8 Å². The Bertz CT molecular complexity index is 93.4. The van der Waals surface area contributed by atoms with Crippen LogP contribution in [0.25, 0.3) is 0 Å². The van der Waals surface area contributed by atoms with E-state index < -0.39 is 0 Å². The molecule has 0 aliphatic carbocycles. The van der Waals surface area contributed by atoms with Gasteiger partial charge in [0.05, 0.1) is 0 Å². The van der Waals surface area contributed by atoms with Crippen LogP contribution >= 0.6 is 0 Å². The first-order valence-corrected chi connectivity index (χ1v) is 3.85. The van der Waals surface area contributed by atoms with Crippen molar-refractivity contribution in [3.8, 4) is 0 Å². The molecule has 0 atom stereocenters. The molecule has 0 aliphatic heterocycles. The van der Waals surface area contributed by atoms with Crippen molar-refractivity contribution in [2.45, 2.75) is 27.2 Å². The van der Waals surface area contributed by atoms with Gasteiger partial charge in [0.1, 0.15) is 0 Å². The number of carbonyl (C=O) groups excluding carboxylic acids is 1. The van der Waals surface area contributed by atoms with Crippen molar-refractivity contribution in [3.63, 3.8) is 0 Å². The Hall–Kier alpha value is -0.116. The molecule has 0 amide bonds. The topological polar surface area (TPSA) is 69.9 Å². The Labute approximate surface area is 95.0 Å². The third-order valence-electron chi connectivity index (χ3n) is 0.327. The van der Waals surface area contributed by atoms with Gasteiger partial charge >= 0.3 is 0 Å². The van der Waals surface area contributed by atoms with Crippen LogP contribution in [0.3, 0.4) is 0 Å². The molecule has 0 radical (unpaired) electrons. The molecular formula is C8H18NO3Ti-. The van der Waals surface area contributed by atoms with Gasteiger partial charge in [-0.2, -0.15) is 0 Å². The molecule has 0 aromatic rings. The fourth-order valence-corrected chi connectivity index (χ4v) is 0.129. The summed E-state index contributed by atoms with van der Waals surface area (Å²) in [5.74, 6) is 0. The Morgan fingerprint density at radius 1 is 1.23 bits per heavy atom. The molecule has 0 unspecified atom stereocenters. The van der Waals surface area contributed by atoms with Crippen molar-refractivity contribution in [1.82, 2.24) is 0 Å². The van der Waals surface area contributed by atoms with Gasteiger partial charge in [-0.25, -0.2) is 0 Å². The number of hydrogen-bond donors (Lipinski definition) is 2. The summed E-state index contributed by atoms with van der Waals surface area (Å²) < 4.78 is 0. The van der Waals surface area contributed by atoms with Gasteiger partial charge in [-0.1, -0.05) is 13.3 Å². The van der Waals surface area contributed by atoms with Crippen molar-refractivity contribution in [2.24, 2.45) is 4.99 Å². The van der Waals surface area contributed by atoms with Crippen molar-refractivity contribution >= 4 is 6.08 Å². The van der Waals surface area contributed by atoms with Gasteiger partial charge in [-0.3, -0.25) is 0 Å². The SMILES string of the molecule is CCO.CCO.CC[CH-]N=C=O.[Ti]. The second-order valence-corrected chi connectivity index (χ2v) is 1.44. The molecular weight excluding hydrogens is 206 g/mol. The molecule has 0 aromatic carbocycles. The number of isocyanates is 1. The van der Waals surface area contributed by atoms with Crippen LogP contribution in [-0.2, 0) is 26.5 Å². The average Bonchev–Trinajstić information content (AvgIpc) is 2.04. The fraction of sp³-hybridized carbons (Fsp3) is 0.750. The quantitative estimate of drug-likeness (QED) is 0.316. The Morgan fingerprint density at radius 2 is 1.54 bits per heavy atom. The number of aliphatic hydroxyl groups is 2. The van der Waals surface area contributed by atoms with E-state index in [0.717, 1.165) is 6.42 Å². The van der Waals surface area contributed by atoms with Crippen molar-refractivity contribution in [3.05, 3.63) is 6.54 Å². The van der Waals surface area contributed by atoms with Crippen molar-refractivity contribution in [1.29, 1.82) is 0 Å². The zero-order valence-corrected chi connectivity index (χ0v) is 10.0. The van der Waals surface area contributed by atoms with Gasteiger partial charge in [0, 0.05) is 34.9 Å². The Balaban J connectivity index is -0.0000000501. The molecule has 0 saturated heterocycles. The van der Waals surface area contributed by atoms with E-state index in [2.05, 4.69) is 4.99 Å². The van der Waals surface area contributed by atoms with Crippen LogP contribution < -0.4 is 0 Å². The summed E-state index contributed by atoms with van der Waals surface area (Å²) in [7, 11) is 0. The zero-order chi connectivity index (χ0) is 10.2. The molecule has 78 valence electrons. The first-order chi connectivity index (χ1) is 5.74.